The first kappa shape index (κ1) is 23.1. The summed E-state index contributed by atoms with van der Waals surface area (Å²) in [4.78, 5) is 31.7. The summed E-state index contributed by atoms with van der Waals surface area (Å²) in [5, 5.41) is 3.13. The van der Waals surface area contributed by atoms with Gasteiger partial charge in [-0.15, -0.1) is 0 Å². The van der Waals surface area contributed by atoms with Crippen molar-refractivity contribution in [1.29, 1.82) is 0 Å². The molecule has 1 saturated heterocycles. The average molecular weight is 475 g/mol. The summed E-state index contributed by atoms with van der Waals surface area (Å²) in [6.45, 7) is 1.72. The Hall–Kier alpha value is -2.52. The van der Waals surface area contributed by atoms with Crippen molar-refractivity contribution in [2.24, 2.45) is 0 Å². The van der Waals surface area contributed by atoms with Crippen molar-refractivity contribution in [3.8, 4) is 0 Å². The average Bonchev–Trinajstić information content (AvgIpc) is 2.73. The van der Waals surface area contributed by atoms with E-state index in [2.05, 4.69) is 10.3 Å². The third-order valence-corrected chi connectivity index (χ3v) is 5.34. The van der Waals surface area contributed by atoms with E-state index in [-0.39, 0.29) is 35.6 Å². The fourth-order valence-electron chi connectivity index (χ4n) is 3.13. The fourth-order valence-corrected chi connectivity index (χ4v) is 3.54. The topological polar surface area (TPSA) is 65.5 Å². The highest BCUT2D eigenvalue weighted by atomic mass is 35.5. The zero-order valence-corrected chi connectivity index (χ0v) is 17.8. The van der Waals surface area contributed by atoms with Crippen LogP contribution in [0.15, 0.2) is 36.5 Å². The molecule has 2 amide bonds. The number of rotatable bonds is 5. The minimum absolute atomic E-state index is 0.0838. The number of halogens is 5. The number of carbonyl (C=O) groups is 2. The highest BCUT2D eigenvalue weighted by Gasteiger charge is 2.32. The van der Waals surface area contributed by atoms with Gasteiger partial charge in [-0.2, -0.15) is 13.2 Å². The maximum absolute atomic E-state index is 12.8. The number of nitrogens with zero attached hydrogens (tertiary/aromatic N) is 3. The quantitative estimate of drug-likeness (QED) is 0.713. The lowest BCUT2D eigenvalue weighted by atomic mass is 10.2. The van der Waals surface area contributed by atoms with E-state index >= 15 is 0 Å². The maximum atomic E-state index is 12.8. The highest BCUT2D eigenvalue weighted by Crippen LogP contribution is 2.33. The standard InChI is InChI=1S/C20H19Cl2F3N4O2/c21-15-3-1-13(2-4-15)19(31)26-6-5-17(30)28-7-9-29(10-8-28)18-16(22)11-14(12-27-18)20(23,24)25/h1-4,11-12H,5-10H2,(H,26,31). The summed E-state index contributed by atoms with van der Waals surface area (Å²) in [6.07, 6.45) is -3.62. The zero-order valence-electron chi connectivity index (χ0n) is 16.3. The molecule has 1 N–H and O–H groups in total. The maximum Gasteiger partial charge on any atom is 0.417 e. The third kappa shape index (κ3) is 6.01. The second-order valence-electron chi connectivity index (χ2n) is 6.91. The minimum Gasteiger partial charge on any atom is -0.352 e. The lowest BCUT2D eigenvalue weighted by Gasteiger charge is -2.36. The Balaban J connectivity index is 1.46. The number of benzene rings is 1. The molecule has 0 spiro atoms. The molecule has 1 aromatic carbocycles. The molecule has 0 saturated carbocycles. The Labute approximate surface area is 186 Å². The van der Waals surface area contributed by atoms with E-state index in [9.17, 15) is 22.8 Å². The molecule has 0 atom stereocenters. The van der Waals surface area contributed by atoms with Crippen molar-refractivity contribution in [3.63, 3.8) is 0 Å². The predicted octanol–water partition coefficient (Wildman–Crippen LogP) is 3.88. The molecule has 2 heterocycles. The van der Waals surface area contributed by atoms with Crippen LogP contribution in [-0.4, -0.2) is 54.4 Å². The Morgan fingerprint density at radius 1 is 1.06 bits per heavy atom. The molecule has 1 aliphatic rings. The third-order valence-electron chi connectivity index (χ3n) is 4.81. The number of hydrogen-bond acceptors (Lipinski definition) is 4. The number of aromatic nitrogens is 1. The van der Waals surface area contributed by atoms with E-state index < -0.39 is 11.7 Å². The molecule has 11 heteroatoms. The lowest BCUT2D eigenvalue weighted by molar-refractivity contribution is -0.137. The van der Waals surface area contributed by atoms with Gasteiger partial charge in [0.25, 0.3) is 5.91 Å². The van der Waals surface area contributed by atoms with Crippen LogP contribution in [-0.2, 0) is 11.0 Å². The summed E-state index contributed by atoms with van der Waals surface area (Å²) in [7, 11) is 0. The monoisotopic (exact) mass is 474 g/mol. The first-order valence-corrected chi connectivity index (χ1v) is 10.2. The SMILES string of the molecule is O=C(NCCC(=O)N1CCN(c2ncc(C(F)(F)F)cc2Cl)CC1)c1ccc(Cl)cc1. The van der Waals surface area contributed by atoms with Crippen LogP contribution in [0, 0.1) is 0 Å². The van der Waals surface area contributed by atoms with Crippen LogP contribution >= 0.6 is 23.2 Å². The van der Waals surface area contributed by atoms with Crippen molar-refractivity contribution in [3.05, 3.63) is 57.7 Å². The molecular weight excluding hydrogens is 456 g/mol. The van der Waals surface area contributed by atoms with E-state index in [0.717, 1.165) is 12.3 Å². The van der Waals surface area contributed by atoms with Gasteiger partial charge in [-0.1, -0.05) is 23.2 Å². The van der Waals surface area contributed by atoms with Gasteiger partial charge in [0.2, 0.25) is 5.91 Å². The first-order valence-electron chi connectivity index (χ1n) is 9.44. The molecule has 1 fully saturated rings. The molecule has 31 heavy (non-hydrogen) atoms. The Morgan fingerprint density at radius 3 is 2.29 bits per heavy atom. The second-order valence-corrected chi connectivity index (χ2v) is 7.75. The number of piperazine rings is 1. The largest absolute Gasteiger partial charge is 0.417 e. The number of anilines is 1. The van der Waals surface area contributed by atoms with Crippen LogP contribution in [0.25, 0.3) is 0 Å². The number of hydrogen-bond donors (Lipinski definition) is 1. The van der Waals surface area contributed by atoms with Gasteiger partial charge in [0.1, 0.15) is 5.82 Å². The van der Waals surface area contributed by atoms with Gasteiger partial charge in [-0.25, -0.2) is 4.98 Å². The Morgan fingerprint density at radius 2 is 1.71 bits per heavy atom. The predicted molar refractivity (Wildman–Crippen MR) is 111 cm³/mol. The van der Waals surface area contributed by atoms with Crippen LogP contribution in [0.3, 0.4) is 0 Å². The highest BCUT2D eigenvalue weighted by molar-refractivity contribution is 6.33. The molecule has 0 unspecified atom stereocenters. The summed E-state index contributed by atoms with van der Waals surface area (Å²) in [5.74, 6) is -0.156. The number of amides is 2. The molecular formula is C20H19Cl2F3N4O2. The normalized spacial score (nSPS) is 14.5. The second kappa shape index (κ2) is 9.74. The summed E-state index contributed by atoms with van der Waals surface area (Å²) >= 11 is 11.8. The van der Waals surface area contributed by atoms with Crippen molar-refractivity contribution in [2.45, 2.75) is 12.6 Å². The van der Waals surface area contributed by atoms with Crippen LogP contribution < -0.4 is 10.2 Å². The molecule has 0 aliphatic carbocycles. The molecule has 6 nitrogen and oxygen atoms in total. The van der Waals surface area contributed by atoms with Crippen molar-refractivity contribution in [2.75, 3.05) is 37.6 Å². The number of alkyl halides is 3. The molecule has 3 rings (SSSR count). The Kier molecular flexibility index (Phi) is 7.27. The van der Waals surface area contributed by atoms with E-state index in [0.29, 0.717) is 36.8 Å². The molecule has 0 bridgehead atoms. The van der Waals surface area contributed by atoms with Crippen LogP contribution in [0.2, 0.25) is 10.0 Å². The van der Waals surface area contributed by atoms with Gasteiger partial charge < -0.3 is 15.1 Å². The van der Waals surface area contributed by atoms with E-state index in [1.54, 1.807) is 34.1 Å². The van der Waals surface area contributed by atoms with Gasteiger partial charge >= 0.3 is 6.18 Å². The van der Waals surface area contributed by atoms with Gasteiger partial charge in [-0.05, 0) is 30.3 Å². The lowest BCUT2D eigenvalue weighted by Crippen LogP contribution is -2.49. The summed E-state index contributed by atoms with van der Waals surface area (Å²) < 4.78 is 38.3. The number of nitrogens with one attached hydrogen (secondary N) is 1. The van der Waals surface area contributed by atoms with Crippen molar-refractivity contribution in [1.82, 2.24) is 15.2 Å². The van der Waals surface area contributed by atoms with E-state index in [1.807, 2.05) is 0 Å². The first-order chi connectivity index (χ1) is 14.6. The van der Waals surface area contributed by atoms with E-state index in [1.165, 1.54) is 0 Å². The molecule has 1 aromatic heterocycles. The van der Waals surface area contributed by atoms with Gasteiger partial charge in [0.15, 0.2) is 0 Å². The van der Waals surface area contributed by atoms with Crippen molar-refractivity contribution >= 4 is 40.8 Å². The van der Waals surface area contributed by atoms with Crippen LogP contribution in [0.4, 0.5) is 19.0 Å². The van der Waals surface area contributed by atoms with Crippen LogP contribution in [0.5, 0.6) is 0 Å². The smallest absolute Gasteiger partial charge is 0.352 e. The Bertz CT molecular complexity index is 946. The van der Waals surface area contributed by atoms with Crippen molar-refractivity contribution < 1.29 is 22.8 Å². The molecule has 166 valence electrons. The molecule has 2 aromatic rings. The zero-order chi connectivity index (χ0) is 22.6. The number of pyridine rings is 1. The van der Waals surface area contributed by atoms with Gasteiger partial charge in [-0.3, -0.25) is 9.59 Å². The minimum atomic E-state index is -4.51. The fraction of sp³-hybridized carbons (Fsp3) is 0.350. The number of carbonyl (C=O) groups excluding carboxylic acids is 2. The van der Waals surface area contributed by atoms with Gasteiger partial charge in [0, 0.05) is 55.9 Å². The van der Waals surface area contributed by atoms with Crippen LogP contribution in [0.1, 0.15) is 22.3 Å². The molecule has 1 aliphatic heterocycles. The summed E-state index contributed by atoms with van der Waals surface area (Å²) in [6, 6.07) is 7.26. The van der Waals surface area contributed by atoms with E-state index in [4.69, 9.17) is 23.2 Å². The summed E-state index contributed by atoms with van der Waals surface area (Å²) in [5.41, 5.74) is -0.456. The van der Waals surface area contributed by atoms with Gasteiger partial charge in [0.05, 0.1) is 10.6 Å². The molecule has 0 radical (unpaired) electrons.